The standard InChI is InChI=1S/C22H30N4O2/c1-3-25(4-2)20-11-10-19(16-23-20)24-22(28)26-14-12-18(13-15-26)21(27)17-8-6-5-7-9-17/h5-11,16,18,21,27H,3-4,12-15H2,1-2H3,(H,24,28). The molecule has 2 heterocycles. The number of carbonyl (C=O) groups is 1. The van der Waals surface area contributed by atoms with Crippen molar-refractivity contribution in [2.75, 3.05) is 36.4 Å². The molecule has 2 amide bonds. The topological polar surface area (TPSA) is 68.7 Å². The van der Waals surface area contributed by atoms with Gasteiger partial charge in [0.05, 0.1) is 18.0 Å². The Morgan fingerprint density at radius 2 is 1.86 bits per heavy atom. The monoisotopic (exact) mass is 382 g/mol. The number of benzene rings is 1. The second-order valence-electron chi connectivity index (χ2n) is 7.19. The maximum absolute atomic E-state index is 12.6. The average molecular weight is 383 g/mol. The Morgan fingerprint density at radius 3 is 2.43 bits per heavy atom. The molecule has 0 radical (unpaired) electrons. The number of carbonyl (C=O) groups excluding carboxylic acids is 1. The summed E-state index contributed by atoms with van der Waals surface area (Å²) in [5, 5.41) is 13.5. The number of nitrogens with one attached hydrogen (secondary N) is 1. The molecule has 28 heavy (non-hydrogen) atoms. The van der Waals surface area contributed by atoms with Gasteiger partial charge in [0.25, 0.3) is 0 Å². The fourth-order valence-corrected chi connectivity index (χ4v) is 3.74. The van der Waals surface area contributed by atoms with E-state index in [9.17, 15) is 9.90 Å². The maximum atomic E-state index is 12.6. The maximum Gasteiger partial charge on any atom is 0.321 e. The Hall–Kier alpha value is -2.60. The molecule has 1 atom stereocenters. The Bertz CT molecular complexity index is 739. The SMILES string of the molecule is CCN(CC)c1ccc(NC(=O)N2CCC(C(O)c3ccccc3)CC2)cn1. The first-order chi connectivity index (χ1) is 13.6. The predicted molar refractivity (Wildman–Crippen MR) is 113 cm³/mol. The lowest BCUT2D eigenvalue weighted by Crippen LogP contribution is -2.42. The zero-order valence-electron chi connectivity index (χ0n) is 16.7. The molecule has 1 aromatic carbocycles. The van der Waals surface area contributed by atoms with E-state index in [4.69, 9.17) is 0 Å². The average Bonchev–Trinajstić information content (AvgIpc) is 2.76. The van der Waals surface area contributed by atoms with E-state index in [0.29, 0.717) is 18.8 Å². The molecule has 0 bridgehead atoms. The fraction of sp³-hybridized carbons (Fsp3) is 0.455. The molecule has 1 aliphatic rings. The van der Waals surface area contributed by atoms with Crippen LogP contribution < -0.4 is 10.2 Å². The number of nitrogens with zero attached hydrogens (tertiary/aromatic N) is 3. The Balaban J connectivity index is 1.51. The van der Waals surface area contributed by atoms with Crippen molar-refractivity contribution in [3.63, 3.8) is 0 Å². The van der Waals surface area contributed by atoms with Crippen LogP contribution in [0, 0.1) is 5.92 Å². The van der Waals surface area contributed by atoms with Crippen LogP contribution in [0.2, 0.25) is 0 Å². The van der Waals surface area contributed by atoms with E-state index in [-0.39, 0.29) is 11.9 Å². The number of aliphatic hydroxyl groups excluding tert-OH is 1. The molecule has 6 nitrogen and oxygen atoms in total. The number of pyridine rings is 1. The molecule has 3 rings (SSSR count). The van der Waals surface area contributed by atoms with Crippen LogP contribution in [0.1, 0.15) is 38.4 Å². The zero-order valence-corrected chi connectivity index (χ0v) is 16.7. The quantitative estimate of drug-likeness (QED) is 0.795. The summed E-state index contributed by atoms with van der Waals surface area (Å²) in [6.45, 7) is 7.28. The molecule has 0 aliphatic carbocycles. The third kappa shape index (κ3) is 4.81. The highest BCUT2D eigenvalue weighted by Crippen LogP contribution is 2.30. The van der Waals surface area contributed by atoms with Gasteiger partial charge < -0.3 is 20.2 Å². The van der Waals surface area contributed by atoms with Crippen molar-refractivity contribution in [2.24, 2.45) is 5.92 Å². The molecular weight excluding hydrogens is 352 g/mol. The molecule has 1 saturated heterocycles. The van der Waals surface area contributed by atoms with E-state index in [1.54, 1.807) is 6.20 Å². The van der Waals surface area contributed by atoms with Gasteiger partial charge in [-0.3, -0.25) is 0 Å². The summed E-state index contributed by atoms with van der Waals surface area (Å²) in [7, 11) is 0. The summed E-state index contributed by atoms with van der Waals surface area (Å²) in [6, 6.07) is 13.5. The number of amides is 2. The number of urea groups is 1. The normalized spacial score (nSPS) is 15.9. The highest BCUT2D eigenvalue weighted by molar-refractivity contribution is 5.89. The number of hydrogen-bond donors (Lipinski definition) is 2. The van der Waals surface area contributed by atoms with Crippen LogP contribution in [0.5, 0.6) is 0 Å². The van der Waals surface area contributed by atoms with Gasteiger partial charge >= 0.3 is 6.03 Å². The van der Waals surface area contributed by atoms with Crippen LogP contribution in [0.3, 0.4) is 0 Å². The number of piperidine rings is 1. The summed E-state index contributed by atoms with van der Waals surface area (Å²) >= 11 is 0. The summed E-state index contributed by atoms with van der Waals surface area (Å²) in [5.41, 5.74) is 1.65. The molecule has 2 aromatic rings. The Labute approximate surface area is 167 Å². The zero-order chi connectivity index (χ0) is 19.9. The van der Waals surface area contributed by atoms with Crippen LogP contribution >= 0.6 is 0 Å². The van der Waals surface area contributed by atoms with Crippen molar-refractivity contribution in [3.8, 4) is 0 Å². The van der Waals surface area contributed by atoms with Gasteiger partial charge in [0.1, 0.15) is 5.82 Å². The lowest BCUT2D eigenvalue weighted by atomic mass is 9.87. The number of rotatable bonds is 6. The number of aromatic nitrogens is 1. The van der Waals surface area contributed by atoms with E-state index in [2.05, 4.69) is 29.0 Å². The lowest BCUT2D eigenvalue weighted by Gasteiger charge is -2.34. The van der Waals surface area contributed by atoms with Crippen molar-refractivity contribution >= 4 is 17.5 Å². The Kier molecular flexibility index (Phi) is 6.87. The molecule has 6 heteroatoms. The van der Waals surface area contributed by atoms with Gasteiger partial charge in [-0.15, -0.1) is 0 Å². The molecule has 1 aromatic heterocycles. The summed E-state index contributed by atoms with van der Waals surface area (Å²) in [6.07, 6.45) is 2.83. The van der Waals surface area contributed by atoms with E-state index in [0.717, 1.165) is 37.3 Å². The van der Waals surface area contributed by atoms with E-state index < -0.39 is 6.10 Å². The molecule has 150 valence electrons. The second kappa shape index (κ2) is 9.55. The van der Waals surface area contributed by atoms with Gasteiger partial charge in [-0.25, -0.2) is 9.78 Å². The smallest absolute Gasteiger partial charge is 0.321 e. The number of aliphatic hydroxyl groups is 1. The van der Waals surface area contributed by atoms with E-state index in [1.165, 1.54) is 0 Å². The van der Waals surface area contributed by atoms with Crippen LogP contribution in [-0.4, -0.2) is 47.2 Å². The number of hydrogen-bond acceptors (Lipinski definition) is 4. The largest absolute Gasteiger partial charge is 0.388 e. The molecule has 1 unspecified atom stereocenters. The van der Waals surface area contributed by atoms with Gasteiger partial charge in [0, 0.05) is 26.2 Å². The second-order valence-corrected chi connectivity index (χ2v) is 7.19. The molecule has 0 saturated carbocycles. The van der Waals surface area contributed by atoms with E-state index in [1.807, 2.05) is 47.4 Å². The van der Waals surface area contributed by atoms with Gasteiger partial charge in [-0.2, -0.15) is 0 Å². The number of anilines is 2. The molecule has 2 N–H and O–H groups in total. The van der Waals surface area contributed by atoms with Crippen LogP contribution in [0.25, 0.3) is 0 Å². The minimum Gasteiger partial charge on any atom is -0.388 e. The van der Waals surface area contributed by atoms with E-state index >= 15 is 0 Å². The van der Waals surface area contributed by atoms with Crippen LogP contribution in [-0.2, 0) is 0 Å². The lowest BCUT2D eigenvalue weighted by molar-refractivity contribution is 0.0683. The minimum atomic E-state index is -0.469. The summed E-state index contributed by atoms with van der Waals surface area (Å²) < 4.78 is 0. The van der Waals surface area contributed by atoms with Crippen molar-refractivity contribution in [3.05, 3.63) is 54.2 Å². The third-order valence-electron chi connectivity index (χ3n) is 5.50. The number of likely N-dealkylation sites (tertiary alicyclic amines) is 1. The van der Waals surface area contributed by atoms with Crippen molar-refractivity contribution in [1.82, 2.24) is 9.88 Å². The third-order valence-corrected chi connectivity index (χ3v) is 5.50. The first-order valence-electron chi connectivity index (χ1n) is 10.1. The summed E-state index contributed by atoms with van der Waals surface area (Å²) in [4.78, 5) is 21.0. The minimum absolute atomic E-state index is 0.106. The van der Waals surface area contributed by atoms with Gasteiger partial charge in [-0.05, 0) is 50.3 Å². The highest BCUT2D eigenvalue weighted by atomic mass is 16.3. The van der Waals surface area contributed by atoms with Gasteiger partial charge in [-0.1, -0.05) is 30.3 Å². The molecule has 1 fully saturated rings. The molecular formula is C22H30N4O2. The molecule has 1 aliphatic heterocycles. The first-order valence-corrected chi connectivity index (χ1v) is 10.1. The summed E-state index contributed by atoms with van der Waals surface area (Å²) in [5.74, 6) is 1.10. The predicted octanol–water partition coefficient (Wildman–Crippen LogP) is 3.91. The van der Waals surface area contributed by atoms with Crippen molar-refractivity contribution < 1.29 is 9.90 Å². The van der Waals surface area contributed by atoms with Crippen LogP contribution in [0.4, 0.5) is 16.3 Å². The van der Waals surface area contributed by atoms with Gasteiger partial charge in [0.15, 0.2) is 0 Å². The molecule has 0 spiro atoms. The van der Waals surface area contributed by atoms with Crippen LogP contribution in [0.15, 0.2) is 48.7 Å². The van der Waals surface area contributed by atoms with Crippen molar-refractivity contribution in [2.45, 2.75) is 32.8 Å². The first kappa shape index (κ1) is 20.1. The highest BCUT2D eigenvalue weighted by Gasteiger charge is 2.28. The Morgan fingerprint density at radius 1 is 1.18 bits per heavy atom. The van der Waals surface area contributed by atoms with Crippen molar-refractivity contribution in [1.29, 1.82) is 0 Å². The fourth-order valence-electron chi connectivity index (χ4n) is 3.74. The van der Waals surface area contributed by atoms with Gasteiger partial charge in [0.2, 0.25) is 0 Å².